The Morgan fingerprint density at radius 1 is 1.20 bits per heavy atom. The lowest BCUT2D eigenvalue weighted by Gasteiger charge is -2.37. The zero-order valence-corrected chi connectivity index (χ0v) is 18.2. The molecule has 0 saturated carbocycles. The van der Waals surface area contributed by atoms with Gasteiger partial charge in [0.1, 0.15) is 6.10 Å². The van der Waals surface area contributed by atoms with Crippen molar-refractivity contribution in [3.8, 4) is 0 Å². The largest absolute Gasteiger partial charge is 0.461 e. The van der Waals surface area contributed by atoms with Crippen LogP contribution in [0, 0.1) is 5.41 Å². The maximum atomic E-state index is 13.0. The van der Waals surface area contributed by atoms with E-state index >= 15 is 0 Å². The summed E-state index contributed by atoms with van der Waals surface area (Å²) in [5.41, 5.74) is 1.47. The number of hydrogen-bond donors (Lipinski definition) is 1. The normalized spacial score (nSPS) is 25.1. The molecule has 6 nitrogen and oxygen atoms in total. The molecule has 0 aliphatic carbocycles. The second-order valence-electron chi connectivity index (χ2n) is 9.62. The van der Waals surface area contributed by atoms with E-state index in [-0.39, 0.29) is 24.1 Å². The molecule has 3 aliphatic rings. The van der Waals surface area contributed by atoms with E-state index in [0.717, 1.165) is 44.5 Å². The average Bonchev–Trinajstić information content (AvgIpc) is 3.04. The topological polar surface area (TPSA) is 70.1 Å². The molecule has 1 N–H and O–H groups in total. The first kappa shape index (κ1) is 21.3. The molecule has 30 heavy (non-hydrogen) atoms. The Kier molecular flexibility index (Phi) is 6.16. The van der Waals surface area contributed by atoms with Gasteiger partial charge < -0.3 is 14.7 Å². The Morgan fingerprint density at radius 3 is 2.57 bits per heavy atom. The molecule has 6 heteroatoms. The summed E-state index contributed by atoms with van der Waals surface area (Å²) in [5, 5.41) is 9.68. The zero-order valence-electron chi connectivity index (χ0n) is 18.2. The molecule has 1 amide bonds. The molecular formula is C24H34N2O4. The van der Waals surface area contributed by atoms with E-state index in [9.17, 15) is 14.7 Å². The number of nitrogens with zero attached hydrogens (tertiary/aromatic N) is 2. The fourth-order valence-electron chi connectivity index (χ4n) is 5.09. The summed E-state index contributed by atoms with van der Waals surface area (Å²) >= 11 is 0. The van der Waals surface area contributed by atoms with Crippen LogP contribution in [0.25, 0.3) is 0 Å². The number of amides is 1. The highest BCUT2D eigenvalue weighted by atomic mass is 16.6. The third-order valence-corrected chi connectivity index (χ3v) is 7.15. The Balaban J connectivity index is 1.34. The predicted molar refractivity (Wildman–Crippen MR) is 114 cm³/mol. The van der Waals surface area contributed by atoms with Crippen molar-refractivity contribution in [2.24, 2.45) is 5.41 Å². The molecule has 4 rings (SSSR count). The second kappa shape index (κ2) is 8.67. The molecule has 1 atom stereocenters. The molecule has 1 spiro atoms. The lowest BCUT2D eigenvalue weighted by molar-refractivity contribution is -0.151. The van der Waals surface area contributed by atoms with Gasteiger partial charge in [0, 0.05) is 44.7 Å². The lowest BCUT2D eigenvalue weighted by Crippen LogP contribution is -2.45. The smallest absolute Gasteiger partial charge is 0.312 e. The molecule has 3 fully saturated rings. The third kappa shape index (κ3) is 4.40. The number of cyclic esters (lactones) is 1. The molecular weight excluding hydrogens is 380 g/mol. The lowest BCUT2D eigenvalue weighted by atomic mass is 9.76. The van der Waals surface area contributed by atoms with E-state index in [1.54, 1.807) is 0 Å². The molecule has 1 aromatic rings. The first-order chi connectivity index (χ1) is 14.4. The van der Waals surface area contributed by atoms with Crippen molar-refractivity contribution in [1.82, 2.24) is 9.80 Å². The molecule has 3 aliphatic heterocycles. The van der Waals surface area contributed by atoms with Gasteiger partial charge in [-0.05, 0) is 49.3 Å². The summed E-state index contributed by atoms with van der Waals surface area (Å²) in [6, 6.07) is 7.89. The van der Waals surface area contributed by atoms with Crippen LogP contribution in [0.3, 0.4) is 0 Å². The summed E-state index contributed by atoms with van der Waals surface area (Å²) < 4.78 is 5.76. The van der Waals surface area contributed by atoms with Gasteiger partial charge in [0.2, 0.25) is 0 Å². The van der Waals surface area contributed by atoms with Gasteiger partial charge in [0.25, 0.3) is 5.91 Å². The number of carbonyl (C=O) groups excluding carboxylic acids is 2. The summed E-state index contributed by atoms with van der Waals surface area (Å²) in [4.78, 5) is 29.9. The minimum Gasteiger partial charge on any atom is -0.461 e. The Bertz CT molecular complexity index is 777. The highest BCUT2D eigenvalue weighted by molar-refractivity contribution is 5.94. The molecule has 164 valence electrons. The van der Waals surface area contributed by atoms with Gasteiger partial charge in [-0.25, -0.2) is 0 Å². The van der Waals surface area contributed by atoms with Gasteiger partial charge in [0.05, 0.1) is 11.5 Å². The fourth-order valence-corrected chi connectivity index (χ4v) is 5.09. The summed E-state index contributed by atoms with van der Waals surface area (Å²) in [5.74, 6) is 0.358. The van der Waals surface area contributed by atoms with Gasteiger partial charge in [-0.2, -0.15) is 0 Å². The molecule has 0 aromatic heterocycles. The summed E-state index contributed by atoms with van der Waals surface area (Å²) in [7, 11) is 0. The summed E-state index contributed by atoms with van der Waals surface area (Å²) in [6.07, 6.45) is 3.42. The van der Waals surface area contributed by atoms with Crippen molar-refractivity contribution < 1.29 is 19.4 Å². The molecule has 0 bridgehead atoms. The number of likely N-dealkylation sites (tertiary alicyclic amines) is 2. The maximum Gasteiger partial charge on any atom is 0.312 e. The van der Waals surface area contributed by atoms with Crippen LogP contribution in [0.1, 0.15) is 67.8 Å². The molecule has 0 radical (unpaired) electrons. The van der Waals surface area contributed by atoms with Crippen molar-refractivity contribution in [2.75, 3.05) is 32.7 Å². The SMILES string of the molecule is CC(C)c1cccc(C(=O)N2CCC3(CC2)CC(CN2CCC(O)CC2)OC3=O)c1. The number of aliphatic hydroxyl groups excluding tert-OH is 1. The van der Waals surface area contributed by atoms with Crippen LogP contribution in [0.5, 0.6) is 0 Å². The molecule has 1 aromatic carbocycles. The van der Waals surface area contributed by atoms with Gasteiger partial charge in [0.15, 0.2) is 0 Å². The number of esters is 1. The minimum absolute atomic E-state index is 0.0575. The van der Waals surface area contributed by atoms with E-state index in [0.29, 0.717) is 31.8 Å². The monoisotopic (exact) mass is 414 g/mol. The highest BCUT2D eigenvalue weighted by Gasteiger charge is 2.51. The van der Waals surface area contributed by atoms with E-state index < -0.39 is 5.41 Å². The Hall–Kier alpha value is -1.92. The third-order valence-electron chi connectivity index (χ3n) is 7.15. The van der Waals surface area contributed by atoms with Crippen molar-refractivity contribution in [3.63, 3.8) is 0 Å². The van der Waals surface area contributed by atoms with Gasteiger partial charge in [-0.3, -0.25) is 14.5 Å². The quantitative estimate of drug-likeness (QED) is 0.768. The van der Waals surface area contributed by atoms with Crippen molar-refractivity contribution >= 4 is 11.9 Å². The fraction of sp³-hybridized carbons (Fsp3) is 0.667. The van der Waals surface area contributed by atoms with Crippen LogP contribution in [0.4, 0.5) is 0 Å². The number of aliphatic hydroxyl groups is 1. The number of rotatable bonds is 4. The molecule has 1 unspecified atom stereocenters. The first-order valence-electron chi connectivity index (χ1n) is 11.4. The van der Waals surface area contributed by atoms with Crippen LogP contribution >= 0.6 is 0 Å². The van der Waals surface area contributed by atoms with E-state index in [1.165, 1.54) is 5.56 Å². The number of piperidine rings is 2. The Labute approximate surface area is 179 Å². The molecule has 3 saturated heterocycles. The number of hydrogen-bond acceptors (Lipinski definition) is 5. The number of carbonyl (C=O) groups is 2. The summed E-state index contributed by atoms with van der Waals surface area (Å²) in [6.45, 7) is 7.93. The minimum atomic E-state index is -0.434. The van der Waals surface area contributed by atoms with Crippen LogP contribution in [0.2, 0.25) is 0 Å². The zero-order chi connectivity index (χ0) is 21.3. The van der Waals surface area contributed by atoms with Crippen LogP contribution < -0.4 is 0 Å². The van der Waals surface area contributed by atoms with E-state index in [2.05, 4.69) is 24.8 Å². The van der Waals surface area contributed by atoms with Crippen molar-refractivity contribution in [3.05, 3.63) is 35.4 Å². The van der Waals surface area contributed by atoms with Gasteiger partial charge in [-0.1, -0.05) is 26.0 Å². The Morgan fingerprint density at radius 2 is 1.90 bits per heavy atom. The van der Waals surface area contributed by atoms with Crippen LogP contribution in [-0.2, 0) is 9.53 Å². The standard InChI is InChI=1S/C24H34N2O4/c1-17(2)18-4-3-5-19(14-18)22(28)26-12-8-24(9-13-26)15-21(30-23(24)29)16-25-10-6-20(27)7-11-25/h3-5,14,17,20-21,27H,6-13,15-16H2,1-2H3. The van der Waals surface area contributed by atoms with Gasteiger partial charge in [-0.15, -0.1) is 0 Å². The predicted octanol–water partition coefficient (Wildman–Crippen LogP) is 2.80. The van der Waals surface area contributed by atoms with Crippen LogP contribution in [-0.4, -0.2) is 71.7 Å². The second-order valence-corrected chi connectivity index (χ2v) is 9.62. The van der Waals surface area contributed by atoms with Crippen molar-refractivity contribution in [2.45, 2.75) is 64.1 Å². The van der Waals surface area contributed by atoms with Crippen molar-refractivity contribution in [1.29, 1.82) is 0 Å². The van der Waals surface area contributed by atoms with E-state index in [4.69, 9.17) is 4.74 Å². The first-order valence-corrected chi connectivity index (χ1v) is 11.4. The number of ether oxygens (including phenoxy) is 1. The number of benzene rings is 1. The maximum absolute atomic E-state index is 13.0. The van der Waals surface area contributed by atoms with Gasteiger partial charge >= 0.3 is 5.97 Å². The molecule has 3 heterocycles. The average molecular weight is 415 g/mol. The highest BCUT2D eigenvalue weighted by Crippen LogP contribution is 2.43. The van der Waals surface area contributed by atoms with E-state index in [1.807, 2.05) is 23.1 Å². The van der Waals surface area contributed by atoms with Crippen LogP contribution in [0.15, 0.2) is 24.3 Å².